The van der Waals surface area contributed by atoms with Crippen LogP contribution in [0, 0.1) is 11.3 Å². The molecule has 5 nitrogen and oxygen atoms in total. The summed E-state index contributed by atoms with van der Waals surface area (Å²) in [6, 6.07) is 7.73. The van der Waals surface area contributed by atoms with Crippen LogP contribution in [0.25, 0.3) is 0 Å². The van der Waals surface area contributed by atoms with Crippen molar-refractivity contribution in [3.05, 3.63) is 45.6 Å². The largest absolute Gasteiger partial charge is 0.493 e. The number of hydrogen-bond donors (Lipinski definition) is 2. The zero-order valence-electron chi connectivity index (χ0n) is 11.2. The maximum absolute atomic E-state index is 8.81. The lowest BCUT2D eigenvalue weighted by Gasteiger charge is -2.12. The number of nitrogens with two attached hydrogens (primary N) is 1. The van der Waals surface area contributed by atoms with E-state index in [-0.39, 0.29) is 0 Å². The number of rotatable bonds is 3. The summed E-state index contributed by atoms with van der Waals surface area (Å²) >= 11 is 3.52. The van der Waals surface area contributed by atoms with Gasteiger partial charge in [0.2, 0.25) is 0 Å². The molecule has 1 aliphatic heterocycles. The Morgan fingerprint density at radius 1 is 1.43 bits per heavy atom. The molecule has 3 rings (SSSR count). The molecular weight excluding hydrogens is 332 g/mol. The average molecular weight is 345 g/mol. The van der Waals surface area contributed by atoms with Gasteiger partial charge < -0.3 is 15.8 Å². The monoisotopic (exact) mass is 344 g/mol. The smallest absolute Gasteiger partial charge is 0.149 e. The third-order valence-electron chi connectivity index (χ3n) is 3.32. The minimum Gasteiger partial charge on any atom is -0.493 e. The van der Waals surface area contributed by atoms with E-state index in [0.717, 1.165) is 28.8 Å². The van der Waals surface area contributed by atoms with Gasteiger partial charge in [-0.05, 0) is 23.8 Å². The van der Waals surface area contributed by atoms with Crippen molar-refractivity contribution >= 4 is 27.4 Å². The minimum atomic E-state index is 0.449. The van der Waals surface area contributed by atoms with Crippen LogP contribution in [0.3, 0.4) is 0 Å². The van der Waals surface area contributed by atoms with Crippen molar-refractivity contribution in [2.45, 2.75) is 13.0 Å². The van der Waals surface area contributed by atoms with Gasteiger partial charge >= 0.3 is 0 Å². The Hall–Kier alpha value is -2.26. The van der Waals surface area contributed by atoms with Crippen LogP contribution in [0.2, 0.25) is 0 Å². The Morgan fingerprint density at radius 3 is 3.05 bits per heavy atom. The number of fused-ring (bicyclic) bond motifs is 1. The predicted molar refractivity (Wildman–Crippen MR) is 84.0 cm³/mol. The van der Waals surface area contributed by atoms with Gasteiger partial charge in [-0.2, -0.15) is 5.26 Å². The standard InChI is InChI=1S/C15H13BrN4O/c16-12-4-10-1-2-21-14(10)11(5-12)8-20-15-13(18)3-9(6-17)7-19-15/h3-5,7H,1-2,8,18H2,(H,19,20). The number of nitrogens with zero attached hydrogens (tertiary/aromatic N) is 2. The number of halogens is 1. The average Bonchev–Trinajstić information content (AvgIpc) is 2.93. The van der Waals surface area contributed by atoms with E-state index in [2.05, 4.69) is 32.3 Å². The summed E-state index contributed by atoms with van der Waals surface area (Å²) in [6.45, 7) is 1.28. The first kappa shape index (κ1) is 13.7. The Bertz CT molecular complexity index is 739. The highest BCUT2D eigenvalue weighted by molar-refractivity contribution is 9.10. The second kappa shape index (κ2) is 5.62. The van der Waals surface area contributed by atoms with Crippen LogP contribution in [0.1, 0.15) is 16.7 Å². The molecule has 0 fully saturated rings. The van der Waals surface area contributed by atoms with Crippen molar-refractivity contribution in [3.63, 3.8) is 0 Å². The molecule has 21 heavy (non-hydrogen) atoms. The number of benzene rings is 1. The van der Waals surface area contributed by atoms with E-state index >= 15 is 0 Å². The Balaban J connectivity index is 1.81. The van der Waals surface area contributed by atoms with Crippen molar-refractivity contribution in [1.29, 1.82) is 5.26 Å². The number of pyridine rings is 1. The second-order valence-corrected chi connectivity index (χ2v) is 5.69. The fourth-order valence-corrected chi connectivity index (χ4v) is 2.90. The first-order valence-corrected chi connectivity index (χ1v) is 7.30. The number of nitriles is 1. The third-order valence-corrected chi connectivity index (χ3v) is 3.78. The highest BCUT2D eigenvalue weighted by Gasteiger charge is 2.17. The van der Waals surface area contributed by atoms with Gasteiger partial charge in [0.15, 0.2) is 0 Å². The van der Waals surface area contributed by atoms with Crippen LogP contribution < -0.4 is 15.8 Å². The van der Waals surface area contributed by atoms with Crippen molar-refractivity contribution in [2.75, 3.05) is 17.7 Å². The summed E-state index contributed by atoms with van der Waals surface area (Å²) in [5.41, 5.74) is 9.06. The maximum atomic E-state index is 8.81. The number of hydrogen-bond acceptors (Lipinski definition) is 5. The molecule has 1 aromatic carbocycles. The van der Waals surface area contributed by atoms with Gasteiger partial charge in [-0.3, -0.25) is 0 Å². The molecule has 0 unspecified atom stereocenters. The van der Waals surface area contributed by atoms with E-state index in [1.54, 1.807) is 6.07 Å². The van der Waals surface area contributed by atoms with Crippen molar-refractivity contribution in [2.24, 2.45) is 0 Å². The molecule has 3 N–H and O–H groups in total. The van der Waals surface area contributed by atoms with Gasteiger partial charge in [0.05, 0.1) is 17.9 Å². The molecule has 6 heteroatoms. The van der Waals surface area contributed by atoms with Crippen molar-refractivity contribution in [1.82, 2.24) is 4.98 Å². The molecule has 0 saturated heterocycles. The zero-order valence-corrected chi connectivity index (χ0v) is 12.8. The Labute approximate surface area is 130 Å². The molecule has 1 aliphatic rings. The summed E-state index contributed by atoms with van der Waals surface area (Å²) in [5, 5.41) is 12.0. The summed E-state index contributed by atoms with van der Waals surface area (Å²) in [4.78, 5) is 4.17. The van der Waals surface area contributed by atoms with E-state index in [9.17, 15) is 0 Å². The van der Waals surface area contributed by atoms with Gasteiger partial charge in [0.25, 0.3) is 0 Å². The first-order valence-electron chi connectivity index (χ1n) is 6.51. The highest BCUT2D eigenvalue weighted by atomic mass is 79.9. The summed E-state index contributed by atoms with van der Waals surface area (Å²) in [5.74, 6) is 1.51. The fraction of sp³-hybridized carbons (Fsp3) is 0.200. The van der Waals surface area contributed by atoms with Gasteiger partial charge in [-0.1, -0.05) is 15.9 Å². The maximum Gasteiger partial charge on any atom is 0.149 e. The number of nitrogen functional groups attached to an aromatic ring is 1. The quantitative estimate of drug-likeness (QED) is 0.894. The molecular formula is C15H13BrN4O. The summed E-state index contributed by atoms with van der Waals surface area (Å²) in [6.07, 6.45) is 2.43. The fourth-order valence-electron chi connectivity index (χ4n) is 2.35. The minimum absolute atomic E-state index is 0.449. The summed E-state index contributed by atoms with van der Waals surface area (Å²) in [7, 11) is 0. The molecule has 0 aliphatic carbocycles. The van der Waals surface area contributed by atoms with E-state index in [1.165, 1.54) is 11.8 Å². The number of anilines is 2. The Kier molecular flexibility index (Phi) is 3.67. The molecule has 0 atom stereocenters. The highest BCUT2D eigenvalue weighted by Crippen LogP contribution is 2.33. The second-order valence-electron chi connectivity index (χ2n) is 4.78. The lowest BCUT2D eigenvalue weighted by atomic mass is 10.1. The lowest BCUT2D eigenvalue weighted by molar-refractivity contribution is 0.354. The lowest BCUT2D eigenvalue weighted by Crippen LogP contribution is -2.06. The van der Waals surface area contributed by atoms with Crippen LogP contribution in [-0.4, -0.2) is 11.6 Å². The van der Waals surface area contributed by atoms with Gasteiger partial charge in [-0.15, -0.1) is 0 Å². The van der Waals surface area contributed by atoms with Crippen LogP contribution in [0.5, 0.6) is 5.75 Å². The third kappa shape index (κ3) is 2.78. The molecule has 106 valence electrons. The summed E-state index contributed by atoms with van der Waals surface area (Å²) < 4.78 is 6.72. The van der Waals surface area contributed by atoms with Crippen molar-refractivity contribution in [3.8, 4) is 11.8 Å². The van der Waals surface area contributed by atoms with Crippen LogP contribution in [0.15, 0.2) is 28.9 Å². The molecule has 0 radical (unpaired) electrons. The number of ether oxygens (including phenoxy) is 1. The van der Waals surface area contributed by atoms with Gasteiger partial charge in [0, 0.05) is 29.2 Å². The van der Waals surface area contributed by atoms with Crippen molar-refractivity contribution < 1.29 is 4.74 Å². The molecule has 2 heterocycles. The van der Waals surface area contributed by atoms with Gasteiger partial charge in [-0.25, -0.2) is 4.98 Å². The van der Waals surface area contributed by atoms with E-state index < -0.39 is 0 Å². The van der Waals surface area contributed by atoms with E-state index in [4.69, 9.17) is 15.7 Å². The Morgan fingerprint density at radius 2 is 2.29 bits per heavy atom. The first-order chi connectivity index (χ1) is 10.2. The molecule has 0 bridgehead atoms. The zero-order chi connectivity index (χ0) is 14.8. The SMILES string of the molecule is N#Cc1cnc(NCc2cc(Br)cc3c2OCC3)c(N)c1. The number of aromatic nitrogens is 1. The van der Waals surface area contributed by atoms with Crippen LogP contribution >= 0.6 is 15.9 Å². The van der Waals surface area contributed by atoms with E-state index in [1.807, 2.05) is 12.1 Å². The molecule has 0 amide bonds. The predicted octanol–water partition coefficient (Wildman–Crippen LogP) is 2.84. The number of nitrogens with one attached hydrogen (secondary N) is 1. The molecule has 1 aromatic heterocycles. The van der Waals surface area contributed by atoms with E-state index in [0.29, 0.717) is 23.6 Å². The van der Waals surface area contributed by atoms with Gasteiger partial charge in [0.1, 0.15) is 17.6 Å². The normalized spacial score (nSPS) is 12.4. The van der Waals surface area contributed by atoms with Crippen LogP contribution in [-0.2, 0) is 13.0 Å². The molecule has 0 saturated carbocycles. The topological polar surface area (TPSA) is 84.0 Å². The molecule has 0 spiro atoms. The molecule has 2 aromatic rings. The van der Waals surface area contributed by atoms with Crippen LogP contribution in [0.4, 0.5) is 11.5 Å².